The van der Waals surface area contributed by atoms with Gasteiger partial charge in [-0.1, -0.05) is 6.07 Å². The van der Waals surface area contributed by atoms with Crippen molar-refractivity contribution in [2.24, 2.45) is 7.05 Å². The van der Waals surface area contributed by atoms with Crippen molar-refractivity contribution < 1.29 is 23.0 Å². The Kier molecular flexibility index (Phi) is 6.04. The van der Waals surface area contributed by atoms with Gasteiger partial charge in [0.05, 0.1) is 18.5 Å². The molecule has 160 valence electrons. The highest BCUT2D eigenvalue weighted by Crippen LogP contribution is 2.30. The Balaban J connectivity index is 1.78. The van der Waals surface area contributed by atoms with Crippen LogP contribution < -0.4 is 9.47 Å². The van der Waals surface area contributed by atoms with Crippen LogP contribution in [0.1, 0.15) is 27.4 Å². The van der Waals surface area contributed by atoms with Gasteiger partial charge in [0.25, 0.3) is 5.91 Å². The number of H-pyrrole nitrogens is 1. The predicted octanol–water partition coefficient (Wildman–Crippen LogP) is 3.31. The second kappa shape index (κ2) is 8.52. The van der Waals surface area contributed by atoms with E-state index in [2.05, 4.69) is 20.0 Å². The molecule has 0 saturated heterocycles. The highest BCUT2D eigenvalue weighted by molar-refractivity contribution is 5.93. The van der Waals surface area contributed by atoms with Gasteiger partial charge < -0.3 is 14.4 Å². The summed E-state index contributed by atoms with van der Waals surface area (Å²) in [5.74, 6) is -0.189. The van der Waals surface area contributed by atoms with Gasteiger partial charge in [-0.25, -0.2) is 0 Å². The van der Waals surface area contributed by atoms with Crippen molar-refractivity contribution in [1.82, 2.24) is 24.9 Å². The molecule has 8 nitrogen and oxygen atoms in total. The number of halogens is 2. The molecule has 30 heavy (non-hydrogen) atoms. The second-order valence-corrected chi connectivity index (χ2v) is 6.86. The number of nitrogens with zero attached hydrogens (tertiary/aromatic N) is 4. The number of hydrogen-bond acceptors (Lipinski definition) is 5. The van der Waals surface area contributed by atoms with Crippen LogP contribution in [0.4, 0.5) is 8.78 Å². The van der Waals surface area contributed by atoms with Crippen molar-refractivity contribution in [3.63, 3.8) is 0 Å². The number of nitrogens with one attached hydrogen (secondary N) is 1. The number of aromatic amines is 1. The molecule has 0 unspecified atom stereocenters. The van der Waals surface area contributed by atoms with E-state index in [0.717, 1.165) is 17.0 Å². The van der Waals surface area contributed by atoms with Gasteiger partial charge in [0.15, 0.2) is 11.5 Å². The zero-order valence-electron chi connectivity index (χ0n) is 17.4. The average molecular weight is 419 g/mol. The first kappa shape index (κ1) is 21.3. The summed E-state index contributed by atoms with van der Waals surface area (Å²) in [4.78, 5) is 14.3. The van der Waals surface area contributed by atoms with Gasteiger partial charge in [-0.15, -0.1) is 0 Å². The highest BCUT2D eigenvalue weighted by atomic mass is 19.3. The molecule has 1 N–H and O–H groups in total. The Labute approximate surface area is 172 Å². The molecule has 10 heteroatoms. The van der Waals surface area contributed by atoms with E-state index in [0.29, 0.717) is 17.0 Å². The first-order chi connectivity index (χ1) is 14.2. The number of aryl methyl sites for hydroxylation is 2. The van der Waals surface area contributed by atoms with E-state index in [1.807, 2.05) is 20.9 Å². The van der Waals surface area contributed by atoms with E-state index in [4.69, 9.17) is 4.74 Å². The Bertz CT molecular complexity index is 1060. The standard InChI is InChI=1S/C20H23F2N5O3/c1-11-18(12(2)27(4)25-11)14-9-15(24-23-14)19(28)26(3)10-13-6-7-16(29-5)17(8-13)30-20(21)22/h6-9,20H,10H2,1-5H3,(H,23,24). The summed E-state index contributed by atoms with van der Waals surface area (Å²) in [6, 6.07) is 6.31. The summed E-state index contributed by atoms with van der Waals surface area (Å²) >= 11 is 0. The zero-order valence-corrected chi connectivity index (χ0v) is 17.4. The van der Waals surface area contributed by atoms with Crippen LogP contribution in [0, 0.1) is 13.8 Å². The van der Waals surface area contributed by atoms with Gasteiger partial charge in [0.1, 0.15) is 5.69 Å². The quantitative estimate of drug-likeness (QED) is 0.635. The lowest BCUT2D eigenvalue weighted by molar-refractivity contribution is -0.0512. The number of amides is 1. The van der Waals surface area contributed by atoms with Crippen molar-refractivity contribution in [2.45, 2.75) is 27.0 Å². The lowest BCUT2D eigenvalue weighted by Gasteiger charge is -2.17. The molecule has 0 fully saturated rings. The Morgan fingerprint density at radius 1 is 1.27 bits per heavy atom. The van der Waals surface area contributed by atoms with Crippen LogP contribution in [-0.2, 0) is 13.6 Å². The molecule has 1 aromatic carbocycles. The number of benzene rings is 1. The molecule has 0 spiro atoms. The Hall–Kier alpha value is -3.43. The third-order valence-electron chi connectivity index (χ3n) is 4.78. The smallest absolute Gasteiger partial charge is 0.387 e. The fourth-order valence-electron chi connectivity index (χ4n) is 3.26. The van der Waals surface area contributed by atoms with Crippen molar-refractivity contribution in [1.29, 1.82) is 0 Å². The molecule has 0 saturated carbocycles. The molecule has 1 amide bonds. The van der Waals surface area contributed by atoms with Crippen LogP contribution in [-0.4, -0.2) is 51.6 Å². The van der Waals surface area contributed by atoms with E-state index in [-0.39, 0.29) is 24.0 Å². The maximum Gasteiger partial charge on any atom is 0.387 e. The van der Waals surface area contributed by atoms with E-state index in [1.165, 1.54) is 24.1 Å². The third-order valence-corrected chi connectivity index (χ3v) is 4.78. The van der Waals surface area contributed by atoms with Crippen molar-refractivity contribution in [3.8, 4) is 22.8 Å². The third kappa shape index (κ3) is 4.27. The fourth-order valence-corrected chi connectivity index (χ4v) is 3.26. The summed E-state index contributed by atoms with van der Waals surface area (Å²) < 4.78 is 36.5. The minimum Gasteiger partial charge on any atom is -0.493 e. The van der Waals surface area contributed by atoms with Crippen LogP contribution in [0.3, 0.4) is 0 Å². The lowest BCUT2D eigenvalue weighted by Crippen LogP contribution is -2.26. The Morgan fingerprint density at radius 2 is 2.00 bits per heavy atom. The Morgan fingerprint density at radius 3 is 2.60 bits per heavy atom. The largest absolute Gasteiger partial charge is 0.493 e. The van der Waals surface area contributed by atoms with Crippen LogP contribution in [0.2, 0.25) is 0 Å². The molecule has 0 atom stereocenters. The molecule has 0 aliphatic rings. The SMILES string of the molecule is COc1ccc(CN(C)C(=O)c2cc(-c3c(C)nn(C)c3C)n[nH]2)cc1OC(F)F. The van der Waals surface area contributed by atoms with Crippen LogP contribution in [0.15, 0.2) is 24.3 Å². The number of hydrogen-bond donors (Lipinski definition) is 1. The lowest BCUT2D eigenvalue weighted by atomic mass is 10.1. The number of methoxy groups -OCH3 is 1. The molecular weight excluding hydrogens is 396 g/mol. The summed E-state index contributed by atoms with van der Waals surface area (Å²) in [6.45, 7) is 1.02. The molecule has 2 aromatic heterocycles. The van der Waals surface area contributed by atoms with Crippen LogP contribution in [0.5, 0.6) is 11.5 Å². The van der Waals surface area contributed by atoms with Gasteiger partial charge >= 0.3 is 6.61 Å². The van der Waals surface area contributed by atoms with E-state index < -0.39 is 6.61 Å². The molecule has 2 heterocycles. The summed E-state index contributed by atoms with van der Waals surface area (Å²) in [7, 11) is 4.82. The topological polar surface area (TPSA) is 85.3 Å². The number of carbonyl (C=O) groups is 1. The van der Waals surface area contributed by atoms with E-state index in [1.54, 1.807) is 23.9 Å². The van der Waals surface area contributed by atoms with Gasteiger partial charge in [-0.05, 0) is 37.6 Å². The minimum absolute atomic E-state index is 0.0859. The monoisotopic (exact) mass is 419 g/mol. The molecule has 3 rings (SSSR count). The summed E-state index contributed by atoms with van der Waals surface area (Å²) in [6.07, 6.45) is 0. The summed E-state index contributed by atoms with van der Waals surface area (Å²) in [5, 5.41) is 11.4. The molecule has 0 aliphatic carbocycles. The number of aromatic nitrogens is 4. The molecular formula is C20H23F2N5O3. The first-order valence-electron chi connectivity index (χ1n) is 9.14. The normalized spacial score (nSPS) is 11.1. The summed E-state index contributed by atoms with van der Waals surface area (Å²) in [5.41, 5.74) is 4.19. The molecule has 0 bridgehead atoms. The van der Waals surface area contributed by atoms with Gasteiger partial charge in [-0.3, -0.25) is 14.6 Å². The fraction of sp³-hybridized carbons (Fsp3) is 0.350. The maximum absolute atomic E-state index is 12.8. The molecule has 3 aromatic rings. The number of ether oxygens (including phenoxy) is 2. The number of alkyl halides is 2. The van der Waals surface area contributed by atoms with Crippen LogP contribution >= 0.6 is 0 Å². The predicted molar refractivity (Wildman–Crippen MR) is 106 cm³/mol. The van der Waals surface area contributed by atoms with Crippen molar-refractivity contribution in [3.05, 3.63) is 46.9 Å². The van der Waals surface area contributed by atoms with Gasteiger partial charge in [-0.2, -0.15) is 19.0 Å². The van der Waals surface area contributed by atoms with Gasteiger partial charge in [0.2, 0.25) is 0 Å². The number of carbonyl (C=O) groups excluding carboxylic acids is 1. The van der Waals surface area contributed by atoms with Gasteiger partial charge in [0, 0.05) is 31.9 Å². The number of rotatable bonds is 7. The van der Waals surface area contributed by atoms with Crippen LogP contribution in [0.25, 0.3) is 11.3 Å². The van der Waals surface area contributed by atoms with Crippen molar-refractivity contribution >= 4 is 5.91 Å². The van der Waals surface area contributed by atoms with Crippen molar-refractivity contribution in [2.75, 3.05) is 14.2 Å². The highest BCUT2D eigenvalue weighted by Gasteiger charge is 2.20. The maximum atomic E-state index is 12.8. The minimum atomic E-state index is -2.98. The molecule has 0 aliphatic heterocycles. The van der Waals surface area contributed by atoms with E-state index in [9.17, 15) is 13.6 Å². The zero-order chi connectivity index (χ0) is 22.0. The first-order valence-corrected chi connectivity index (χ1v) is 9.14. The van der Waals surface area contributed by atoms with E-state index >= 15 is 0 Å². The average Bonchev–Trinajstić information content (AvgIpc) is 3.25. The molecule has 0 radical (unpaired) electrons. The second-order valence-electron chi connectivity index (χ2n) is 6.86.